The largest absolute Gasteiger partial charge is 0.489 e. The van der Waals surface area contributed by atoms with Crippen molar-refractivity contribution in [2.24, 2.45) is 0 Å². The lowest BCUT2D eigenvalue weighted by atomic mass is 10.2. The molecule has 2 aromatic carbocycles. The summed E-state index contributed by atoms with van der Waals surface area (Å²) in [5, 5.41) is 11.5. The molecule has 1 N–H and O–H groups in total. The average molecular weight is 341 g/mol. The molecule has 25 heavy (non-hydrogen) atoms. The van der Waals surface area contributed by atoms with Crippen LogP contribution in [-0.2, 0) is 6.61 Å². The number of hydrogen-bond donors (Lipinski definition) is 1. The first-order valence-corrected chi connectivity index (χ1v) is 7.87. The first kappa shape index (κ1) is 18.3. The van der Waals surface area contributed by atoms with E-state index in [4.69, 9.17) is 10.00 Å². The van der Waals surface area contributed by atoms with Crippen molar-refractivity contribution in [2.45, 2.75) is 26.0 Å². The van der Waals surface area contributed by atoms with Gasteiger partial charge in [0.2, 0.25) is 0 Å². The Bertz CT molecular complexity index is 773. The molecule has 2 aromatic rings. The minimum absolute atomic E-state index is 0.176. The van der Waals surface area contributed by atoms with Crippen LogP contribution in [0.4, 0.5) is 14.9 Å². The van der Waals surface area contributed by atoms with Gasteiger partial charge in [-0.2, -0.15) is 5.26 Å². The molecule has 0 fully saturated rings. The van der Waals surface area contributed by atoms with Gasteiger partial charge in [-0.25, -0.2) is 9.18 Å². The summed E-state index contributed by atoms with van der Waals surface area (Å²) in [5.41, 5.74) is 1.47. The van der Waals surface area contributed by atoms with E-state index in [9.17, 15) is 9.18 Å². The van der Waals surface area contributed by atoms with Gasteiger partial charge in [-0.3, -0.25) is 0 Å². The van der Waals surface area contributed by atoms with Crippen molar-refractivity contribution in [3.8, 4) is 11.8 Å². The fourth-order valence-electron chi connectivity index (χ4n) is 2.14. The van der Waals surface area contributed by atoms with Gasteiger partial charge in [0.25, 0.3) is 0 Å². The second-order valence-corrected chi connectivity index (χ2v) is 5.70. The molecular formula is C19H20FN3O2. The minimum Gasteiger partial charge on any atom is -0.489 e. The van der Waals surface area contributed by atoms with E-state index in [-0.39, 0.29) is 30.9 Å². The summed E-state index contributed by atoms with van der Waals surface area (Å²) in [4.78, 5) is 13.7. The van der Waals surface area contributed by atoms with E-state index >= 15 is 0 Å². The van der Waals surface area contributed by atoms with Crippen LogP contribution in [0.25, 0.3) is 0 Å². The first-order valence-electron chi connectivity index (χ1n) is 7.87. The van der Waals surface area contributed by atoms with Gasteiger partial charge in [-0.05, 0) is 36.8 Å². The maximum absolute atomic E-state index is 13.1. The fourth-order valence-corrected chi connectivity index (χ4v) is 2.14. The summed E-state index contributed by atoms with van der Waals surface area (Å²) in [6.45, 7) is 2.07. The number of halogens is 1. The Balaban J connectivity index is 1.96. The second-order valence-electron chi connectivity index (χ2n) is 5.70. The van der Waals surface area contributed by atoms with Crippen LogP contribution >= 0.6 is 0 Å². The van der Waals surface area contributed by atoms with Gasteiger partial charge in [0.15, 0.2) is 0 Å². The summed E-state index contributed by atoms with van der Waals surface area (Å²) in [6, 6.07) is 14.7. The maximum Gasteiger partial charge on any atom is 0.321 e. The number of nitriles is 1. The zero-order valence-corrected chi connectivity index (χ0v) is 14.2. The summed E-state index contributed by atoms with van der Waals surface area (Å²) < 4.78 is 18.7. The second kappa shape index (κ2) is 8.69. The number of carbonyl (C=O) groups excluding carboxylic acids is 1. The molecule has 1 atom stereocenters. The van der Waals surface area contributed by atoms with Gasteiger partial charge in [-0.15, -0.1) is 0 Å². The Morgan fingerprint density at radius 3 is 2.80 bits per heavy atom. The number of rotatable bonds is 6. The number of hydrogen-bond acceptors (Lipinski definition) is 3. The van der Waals surface area contributed by atoms with Crippen molar-refractivity contribution in [1.82, 2.24) is 4.90 Å². The van der Waals surface area contributed by atoms with E-state index in [0.29, 0.717) is 11.4 Å². The Labute approximate surface area is 146 Å². The minimum atomic E-state index is -0.354. The van der Waals surface area contributed by atoms with Gasteiger partial charge in [0, 0.05) is 24.8 Å². The van der Waals surface area contributed by atoms with Gasteiger partial charge >= 0.3 is 6.03 Å². The van der Waals surface area contributed by atoms with Crippen molar-refractivity contribution in [3.63, 3.8) is 0 Å². The molecule has 0 bridgehead atoms. The lowest BCUT2D eigenvalue weighted by Crippen LogP contribution is -2.38. The zero-order chi connectivity index (χ0) is 18.2. The monoisotopic (exact) mass is 341 g/mol. The molecule has 0 aliphatic carbocycles. The van der Waals surface area contributed by atoms with E-state index in [0.717, 1.165) is 5.56 Å². The van der Waals surface area contributed by atoms with Gasteiger partial charge in [0.1, 0.15) is 18.2 Å². The molecule has 0 unspecified atom stereocenters. The molecule has 0 spiro atoms. The number of benzene rings is 2. The van der Waals surface area contributed by atoms with Crippen molar-refractivity contribution in [3.05, 3.63) is 59.9 Å². The number of carbonyl (C=O) groups is 1. The molecule has 0 saturated heterocycles. The predicted octanol–water partition coefficient (Wildman–Crippen LogP) is 4.17. The Kier molecular flexibility index (Phi) is 6.35. The number of nitrogens with one attached hydrogen (secondary N) is 1. The zero-order valence-electron chi connectivity index (χ0n) is 14.2. The summed E-state index contributed by atoms with van der Waals surface area (Å²) >= 11 is 0. The third-order valence-electron chi connectivity index (χ3n) is 3.75. The molecule has 2 rings (SSSR count). The van der Waals surface area contributed by atoms with E-state index in [1.165, 1.54) is 17.0 Å². The SMILES string of the molecule is C[C@@H](CC#N)N(C)C(=O)Nc1cccc(COc2cccc(F)c2)c1. The molecular weight excluding hydrogens is 321 g/mol. The highest BCUT2D eigenvalue weighted by Crippen LogP contribution is 2.17. The molecule has 0 radical (unpaired) electrons. The first-order chi connectivity index (χ1) is 12.0. The summed E-state index contributed by atoms with van der Waals surface area (Å²) in [6.07, 6.45) is 0.269. The van der Waals surface area contributed by atoms with Crippen LogP contribution < -0.4 is 10.1 Å². The van der Waals surface area contributed by atoms with Crippen LogP contribution in [0, 0.1) is 17.1 Å². The highest BCUT2D eigenvalue weighted by Gasteiger charge is 2.15. The third kappa shape index (κ3) is 5.50. The van der Waals surface area contributed by atoms with E-state index in [1.54, 1.807) is 37.4 Å². The molecule has 0 aliphatic rings. The van der Waals surface area contributed by atoms with Gasteiger partial charge in [0.05, 0.1) is 12.5 Å². The Hall–Kier alpha value is -3.07. The standard InChI is InChI=1S/C19H20FN3O2/c1-14(9-10-21)23(2)19(24)22-17-7-3-5-15(11-17)13-25-18-8-4-6-16(20)12-18/h3-8,11-12,14H,9,13H2,1-2H3,(H,22,24)/t14-/m0/s1. The molecule has 0 aliphatic heterocycles. The van der Waals surface area contributed by atoms with Crippen molar-refractivity contribution >= 4 is 11.7 Å². The van der Waals surface area contributed by atoms with E-state index in [2.05, 4.69) is 5.32 Å². The molecule has 5 nitrogen and oxygen atoms in total. The van der Waals surface area contributed by atoms with Crippen molar-refractivity contribution in [1.29, 1.82) is 5.26 Å². The highest BCUT2D eigenvalue weighted by molar-refractivity contribution is 5.89. The predicted molar refractivity (Wildman–Crippen MR) is 93.6 cm³/mol. The summed E-state index contributed by atoms with van der Waals surface area (Å²) in [7, 11) is 1.65. The molecule has 0 saturated carbocycles. The lowest BCUT2D eigenvalue weighted by molar-refractivity contribution is 0.208. The number of urea groups is 1. The van der Waals surface area contributed by atoms with Crippen molar-refractivity contribution in [2.75, 3.05) is 12.4 Å². The normalized spacial score (nSPS) is 11.3. The number of anilines is 1. The summed E-state index contributed by atoms with van der Waals surface area (Å²) in [5.74, 6) is 0.0903. The number of amides is 2. The maximum atomic E-state index is 13.1. The van der Waals surface area contributed by atoms with Crippen LogP contribution in [-0.4, -0.2) is 24.0 Å². The highest BCUT2D eigenvalue weighted by atomic mass is 19.1. The molecule has 130 valence electrons. The van der Waals surface area contributed by atoms with Crippen LogP contribution in [0.3, 0.4) is 0 Å². The van der Waals surface area contributed by atoms with Crippen LogP contribution in [0.5, 0.6) is 5.75 Å². The average Bonchev–Trinajstić information content (AvgIpc) is 2.60. The number of ether oxygens (including phenoxy) is 1. The van der Waals surface area contributed by atoms with Gasteiger partial charge in [-0.1, -0.05) is 18.2 Å². The Morgan fingerprint density at radius 2 is 2.08 bits per heavy atom. The number of nitrogens with zero attached hydrogens (tertiary/aromatic N) is 2. The molecule has 0 aromatic heterocycles. The van der Waals surface area contributed by atoms with E-state index in [1.807, 2.05) is 19.1 Å². The molecule has 0 heterocycles. The molecule has 2 amide bonds. The van der Waals surface area contributed by atoms with E-state index < -0.39 is 0 Å². The van der Waals surface area contributed by atoms with Crippen LogP contribution in [0.1, 0.15) is 18.9 Å². The topological polar surface area (TPSA) is 65.4 Å². The Morgan fingerprint density at radius 1 is 1.32 bits per heavy atom. The van der Waals surface area contributed by atoms with Crippen molar-refractivity contribution < 1.29 is 13.9 Å². The lowest BCUT2D eigenvalue weighted by Gasteiger charge is -2.23. The van der Waals surface area contributed by atoms with Crippen LogP contribution in [0.15, 0.2) is 48.5 Å². The quantitative estimate of drug-likeness (QED) is 0.857. The molecule has 6 heteroatoms. The fraction of sp³-hybridized carbons (Fsp3) is 0.263. The van der Waals surface area contributed by atoms with Crippen LogP contribution in [0.2, 0.25) is 0 Å². The van der Waals surface area contributed by atoms with Gasteiger partial charge < -0.3 is 15.0 Å². The third-order valence-corrected chi connectivity index (χ3v) is 3.75. The smallest absolute Gasteiger partial charge is 0.321 e.